The van der Waals surface area contributed by atoms with Gasteiger partial charge in [0.05, 0.1) is 17.1 Å². The van der Waals surface area contributed by atoms with Gasteiger partial charge < -0.3 is 4.90 Å². The van der Waals surface area contributed by atoms with E-state index in [9.17, 15) is 0 Å². The number of aryl methyl sites for hydroxylation is 1. The van der Waals surface area contributed by atoms with E-state index in [1.54, 1.807) is 0 Å². The molecule has 0 aliphatic rings. The zero-order chi connectivity index (χ0) is 26.6. The molecule has 0 aliphatic heterocycles. The van der Waals surface area contributed by atoms with E-state index in [1.807, 2.05) is 0 Å². The molecule has 0 atom stereocenters. The van der Waals surface area contributed by atoms with Crippen molar-refractivity contribution < 1.29 is 0 Å². The molecule has 40 heavy (non-hydrogen) atoms. The fourth-order valence-corrected chi connectivity index (χ4v) is 6.46. The SMILES string of the molecule is Cc1ccc(N(c2cc3ccccc3c3ccccc23)c2cc3ccccc3c3ccccc23)c2ccccc12. The molecule has 1 heteroatoms. The van der Waals surface area contributed by atoms with Gasteiger partial charge in [-0.1, -0.05) is 127 Å². The van der Waals surface area contributed by atoms with Crippen LogP contribution in [0.1, 0.15) is 5.56 Å². The van der Waals surface area contributed by atoms with Gasteiger partial charge in [-0.2, -0.15) is 0 Å². The van der Waals surface area contributed by atoms with Gasteiger partial charge in [0, 0.05) is 16.2 Å². The van der Waals surface area contributed by atoms with Crippen molar-refractivity contribution in [2.75, 3.05) is 4.90 Å². The molecule has 0 saturated heterocycles. The summed E-state index contributed by atoms with van der Waals surface area (Å²) in [6.45, 7) is 2.20. The minimum absolute atomic E-state index is 1.18. The molecule has 0 radical (unpaired) electrons. The van der Waals surface area contributed by atoms with Gasteiger partial charge in [0.25, 0.3) is 0 Å². The van der Waals surface area contributed by atoms with E-state index in [2.05, 4.69) is 157 Å². The molecule has 8 rings (SSSR count). The molecule has 0 spiro atoms. The molecule has 0 fully saturated rings. The summed E-state index contributed by atoms with van der Waals surface area (Å²) in [4.78, 5) is 2.51. The first kappa shape index (κ1) is 22.8. The molecule has 0 bridgehead atoms. The van der Waals surface area contributed by atoms with Crippen molar-refractivity contribution >= 4 is 70.9 Å². The minimum Gasteiger partial charge on any atom is -0.309 e. The van der Waals surface area contributed by atoms with Crippen molar-refractivity contribution in [1.29, 1.82) is 0 Å². The monoisotopic (exact) mass is 509 g/mol. The third kappa shape index (κ3) is 3.41. The molecular weight excluding hydrogens is 482 g/mol. The maximum Gasteiger partial charge on any atom is 0.0546 e. The second kappa shape index (κ2) is 8.97. The molecule has 8 aromatic carbocycles. The number of rotatable bonds is 3. The lowest BCUT2D eigenvalue weighted by molar-refractivity contribution is 1.33. The van der Waals surface area contributed by atoms with Crippen molar-refractivity contribution in [3.8, 4) is 0 Å². The third-order valence-electron chi connectivity index (χ3n) is 8.33. The molecule has 0 N–H and O–H groups in total. The van der Waals surface area contributed by atoms with Gasteiger partial charge >= 0.3 is 0 Å². The lowest BCUT2D eigenvalue weighted by atomic mass is 9.95. The Morgan fingerprint density at radius 2 is 0.700 bits per heavy atom. The summed E-state index contributed by atoms with van der Waals surface area (Å²) in [7, 11) is 0. The Morgan fingerprint density at radius 3 is 1.20 bits per heavy atom. The van der Waals surface area contributed by atoms with E-state index in [0.717, 1.165) is 0 Å². The largest absolute Gasteiger partial charge is 0.309 e. The van der Waals surface area contributed by atoms with E-state index in [-0.39, 0.29) is 0 Å². The third-order valence-corrected chi connectivity index (χ3v) is 8.33. The summed E-state index contributed by atoms with van der Waals surface area (Å²) in [6, 6.07) is 53.2. The lowest BCUT2D eigenvalue weighted by Crippen LogP contribution is -2.12. The Labute approximate surface area is 233 Å². The van der Waals surface area contributed by atoms with Crippen LogP contribution < -0.4 is 4.90 Å². The van der Waals surface area contributed by atoms with Gasteiger partial charge in [0.2, 0.25) is 0 Å². The van der Waals surface area contributed by atoms with Crippen molar-refractivity contribution in [3.63, 3.8) is 0 Å². The molecule has 8 aromatic rings. The smallest absolute Gasteiger partial charge is 0.0546 e. The number of nitrogens with zero attached hydrogens (tertiary/aromatic N) is 1. The van der Waals surface area contributed by atoms with E-state index in [4.69, 9.17) is 0 Å². The molecular formula is C39H27N. The molecule has 188 valence electrons. The summed E-state index contributed by atoms with van der Waals surface area (Å²) in [5, 5.41) is 12.6. The summed E-state index contributed by atoms with van der Waals surface area (Å²) < 4.78 is 0. The topological polar surface area (TPSA) is 3.24 Å². The van der Waals surface area contributed by atoms with E-state index in [0.29, 0.717) is 0 Å². The number of anilines is 3. The first-order chi connectivity index (χ1) is 19.8. The van der Waals surface area contributed by atoms with E-state index < -0.39 is 0 Å². The molecule has 0 unspecified atom stereocenters. The van der Waals surface area contributed by atoms with Crippen LogP contribution in [0, 0.1) is 6.92 Å². The Morgan fingerprint density at radius 1 is 0.325 bits per heavy atom. The number of hydrogen-bond acceptors (Lipinski definition) is 1. The molecule has 0 saturated carbocycles. The lowest BCUT2D eigenvalue weighted by Gasteiger charge is -2.30. The highest BCUT2D eigenvalue weighted by atomic mass is 15.1. The Balaban J connectivity index is 1.58. The average Bonchev–Trinajstić information content (AvgIpc) is 3.02. The normalized spacial score (nSPS) is 11.6. The quantitative estimate of drug-likeness (QED) is 0.214. The van der Waals surface area contributed by atoms with Gasteiger partial charge in [-0.25, -0.2) is 0 Å². The Hall–Kier alpha value is -5.14. The predicted octanol–water partition coefficient (Wildman–Crippen LogP) is 11.2. The summed E-state index contributed by atoms with van der Waals surface area (Å²) >= 11 is 0. The minimum atomic E-state index is 1.18. The zero-order valence-corrected chi connectivity index (χ0v) is 22.3. The number of benzene rings is 8. The van der Waals surface area contributed by atoms with Crippen molar-refractivity contribution in [2.45, 2.75) is 6.92 Å². The van der Waals surface area contributed by atoms with Gasteiger partial charge in [-0.05, 0) is 68.4 Å². The Kier molecular flexibility index (Phi) is 5.11. The van der Waals surface area contributed by atoms with Gasteiger partial charge in [0.15, 0.2) is 0 Å². The standard InChI is InChI=1S/C39H27N/c1-26-22-23-37(34-19-9-6-14-29(26)34)40(38-24-27-12-2-4-15-30(27)32-17-7-10-20-35(32)38)39-25-28-13-3-5-16-31(28)33-18-8-11-21-36(33)39/h2-25H,1H3. The first-order valence-corrected chi connectivity index (χ1v) is 13.9. The maximum absolute atomic E-state index is 2.51. The highest BCUT2D eigenvalue weighted by molar-refractivity contribution is 6.20. The maximum atomic E-state index is 2.51. The predicted molar refractivity (Wildman–Crippen MR) is 173 cm³/mol. The van der Waals surface area contributed by atoms with Gasteiger partial charge in [-0.15, -0.1) is 0 Å². The molecule has 0 amide bonds. The van der Waals surface area contributed by atoms with Gasteiger partial charge in [0.1, 0.15) is 0 Å². The van der Waals surface area contributed by atoms with Crippen molar-refractivity contribution in [1.82, 2.24) is 0 Å². The summed E-state index contributed by atoms with van der Waals surface area (Å²) in [5.74, 6) is 0. The fraction of sp³-hybridized carbons (Fsp3) is 0.0256. The van der Waals surface area contributed by atoms with Crippen LogP contribution in [0.3, 0.4) is 0 Å². The fourth-order valence-electron chi connectivity index (χ4n) is 6.46. The van der Waals surface area contributed by atoms with E-state index >= 15 is 0 Å². The molecule has 1 nitrogen and oxygen atoms in total. The van der Waals surface area contributed by atoms with Crippen molar-refractivity contribution in [3.05, 3.63) is 151 Å². The van der Waals surface area contributed by atoms with Crippen LogP contribution in [0.4, 0.5) is 17.1 Å². The number of fused-ring (bicyclic) bond motifs is 7. The van der Waals surface area contributed by atoms with E-state index in [1.165, 1.54) is 76.5 Å². The van der Waals surface area contributed by atoms with Crippen LogP contribution in [-0.2, 0) is 0 Å². The highest BCUT2D eigenvalue weighted by Gasteiger charge is 2.22. The van der Waals surface area contributed by atoms with Gasteiger partial charge in [-0.3, -0.25) is 0 Å². The average molecular weight is 510 g/mol. The zero-order valence-electron chi connectivity index (χ0n) is 22.3. The molecule has 0 aliphatic carbocycles. The van der Waals surface area contributed by atoms with Crippen LogP contribution in [0.2, 0.25) is 0 Å². The first-order valence-electron chi connectivity index (χ1n) is 13.9. The summed E-state index contributed by atoms with van der Waals surface area (Å²) in [5.41, 5.74) is 4.83. The highest BCUT2D eigenvalue weighted by Crippen LogP contribution is 2.47. The number of hydrogen-bond donors (Lipinski definition) is 0. The molecule has 0 heterocycles. The molecule has 0 aromatic heterocycles. The van der Waals surface area contributed by atoms with Crippen LogP contribution in [0.15, 0.2) is 146 Å². The van der Waals surface area contributed by atoms with Crippen LogP contribution in [-0.4, -0.2) is 0 Å². The Bertz CT molecular complexity index is 2120. The van der Waals surface area contributed by atoms with Crippen LogP contribution in [0.5, 0.6) is 0 Å². The second-order valence-electron chi connectivity index (χ2n) is 10.6. The summed E-state index contributed by atoms with van der Waals surface area (Å²) in [6.07, 6.45) is 0. The van der Waals surface area contributed by atoms with Crippen LogP contribution >= 0.6 is 0 Å². The van der Waals surface area contributed by atoms with Crippen molar-refractivity contribution in [2.24, 2.45) is 0 Å². The van der Waals surface area contributed by atoms with Crippen LogP contribution in [0.25, 0.3) is 53.9 Å². The second-order valence-corrected chi connectivity index (χ2v) is 10.6.